The van der Waals surface area contributed by atoms with Gasteiger partial charge in [0.25, 0.3) is 0 Å². The lowest BCUT2D eigenvalue weighted by atomic mass is 9.80. The molecule has 16 heavy (non-hydrogen) atoms. The predicted molar refractivity (Wildman–Crippen MR) is 69.1 cm³/mol. The van der Waals surface area contributed by atoms with E-state index in [1.165, 1.54) is 0 Å². The number of carbonyl (C=O) groups excluding carboxylic acids is 1. The third-order valence-corrected chi connectivity index (χ3v) is 3.52. The molecular weight excluding hydrogens is 224 g/mol. The van der Waals surface area contributed by atoms with Crippen molar-refractivity contribution in [1.29, 1.82) is 0 Å². The normalized spacial score (nSPS) is 11.2. The van der Waals surface area contributed by atoms with Gasteiger partial charge in [-0.25, -0.2) is 0 Å². The number of hydrogen-bond donors (Lipinski definition) is 2. The molecule has 0 rings (SSSR count). The summed E-state index contributed by atoms with van der Waals surface area (Å²) in [5.41, 5.74) is 4.95. The van der Waals surface area contributed by atoms with Gasteiger partial charge in [-0.2, -0.15) is 0 Å². The minimum absolute atomic E-state index is 0.0412. The Labute approximate surface area is 103 Å². The zero-order valence-corrected chi connectivity index (χ0v) is 11.1. The SMILES string of the molecule is CCN(CCO)C(=O)C(CC)(CC)C(N)=S. The van der Waals surface area contributed by atoms with Crippen LogP contribution in [0.1, 0.15) is 33.6 Å². The van der Waals surface area contributed by atoms with E-state index in [0.717, 1.165) is 0 Å². The monoisotopic (exact) mass is 246 g/mol. The topological polar surface area (TPSA) is 66.6 Å². The van der Waals surface area contributed by atoms with Gasteiger partial charge in [0.2, 0.25) is 5.91 Å². The Bertz CT molecular complexity index is 252. The summed E-state index contributed by atoms with van der Waals surface area (Å²) in [5.74, 6) is -0.0680. The van der Waals surface area contributed by atoms with Crippen LogP contribution in [0.4, 0.5) is 0 Å². The third-order valence-electron chi connectivity index (χ3n) is 3.13. The number of rotatable bonds is 7. The molecule has 0 saturated carbocycles. The first-order valence-electron chi connectivity index (χ1n) is 5.70. The molecule has 0 aliphatic heterocycles. The van der Waals surface area contributed by atoms with Gasteiger partial charge in [-0.05, 0) is 19.8 Å². The van der Waals surface area contributed by atoms with Crippen LogP contribution in [0, 0.1) is 5.41 Å². The molecular formula is C11H22N2O2S. The second-order valence-electron chi connectivity index (χ2n) is 3.76. The highest BCUT2D eigenvalue weighted by molar-refractivity contribution is 7.80. The van der Waals surface area contributed by atoms with Crippen LogP contribution < -0.4 is 5.73 Å². The standard InChI is InChI=1S/C11H22N2O2S/c1-4-11(5-2,9(12)16)10(15)13(6-3)7-8-14/h14H,4-8H2,1-3H3,(H2,12,16). The molecule has 3 N–H and O–H groups in total. The van der Waals surface area contributed by atoms with E-state index in [1.54, 1.807) is 4.90 Å². The molecule has 0 fully saturated rings. The number of nitrogens with two attached hydrogens (primary N) is 1. The van der Waals surface area contributed by atoms with Crippen LogP contribution in [0.15, 0.2) is 0 Å². The molecule has 0 aliphatic carbocycles. The number of thiocarbonyl (C=S) groups is 1. The first-order chi connectivity index (χ1) is 7.49. The Morgan fingerprint density at radius 3 is 2.12 bits per heavy atom. The van der Waals surface area contributed by atoms with Crippen LogP contribution in [-0.2, 0) is 4.79 Å². The van der Waals surface area contributed by atoms with Gasteiger partial charge in [0.15, 0.2) is 0 Å². The van der Waals surface area contributed by atoms with Gasteiger partial charge < -0.3 is 15.7 Å². The van der Waals surface area contributed by atoms with E-state index < -0.39 is 5.41 Å². The van der Waals surface area contributed by atoms with Crippen LogP contribution in [-0.4, -0.2) is 40.6 Å². The Morgan fingerprint density at radius 1 is 1.38 bits per heavy atom. The smallest absolute Gasteiger partial charge is 0.235 e. The van der Waals surface area contributed by atoms with Crippen molar-refractivity contribution in [2.24, 2.45) is 11.1 Å². The largest absolute Gasteiger partial charge is 0.395 e. The molecule has 0 spiro atoms. The van der Waals surface area contributed by atoms with E-state index in [9.17, 15) is 4.79 Å². The number of likely N-dealkylation sites (N-methyl/N-ethyl adjacent to an activating group) is 1. The molecule has 5 heteroatoms. The zero-order valence-electron chi connectivity index (χ0n) is 10.3. The highest BCUT2D eigenvalue weighted by Gasteiger charge is 2.40. The average molecular weight is 246 g/mol. The molecule has 0 atom stereocenters. The lowest BCUT2D eigenvalue weighted by Crippen LogP contribution is -2.50. The average Bonchev–Trinajstić information content (AvgIpc) is 2.27. The Morgan fingerprint density at radius 2 is 1.88 bits per heavy atom. The maximum absolute atomic E-state index is 12.3. The van der Waals surface area contributed by atoms with Gasteiger partial charge in [-0.15, -0.1) is 0 Å². The Kier molecular flexibility index (Phi) is 6.52. The van der Waals surface area contributed by atoms with Crippen molar-refractivity contribution in [2.45, 2.75) is 33.6 Å². The van der Waals surface area contributed by atoms with Crippen molar-refractivity contribution in [3.63, 3.8) is 0 Å². The number of aliphatic hydroxyl groups is 1. The quantitative estimate of drug-likeness (QED) is 0.656. The fourth-order valence-electron chi connectivity index (χ4n) is 1.83. The fraction of sp³-hybridized carbons (Fsp3) is 0.818. The minimum atomic E-state index is -0.749. The number of nitrogens with zero attached hydrogens (tertiary/aromatic N) is 1. The second kappa shape index (κ2) is 6.81. The van der Waals surface area contributed by atoms with Gasteiger partial charge in [-0.1, -0.05) is 26.1 Å². The summed E-state index contributed by atoms with van der Waals surface area (Å²) in [6.07, 6.45) is 1.19. The molecule has 1 amide bonds. The lowest BCUT2D eigenvalue weighted by Gasteiger charge is -2.34. The predicted octanol–water partition coefficient (Wildman–Crippen LogP) is 0.920. The Balaban J connectivity index is 5.06. The van der Waals surface area contributed by atoms with Crippen LogP contribution in [0.5, 0.6) is 0 Å². The highest BCUT2D eigenvalue weighted by Crippen LogP contribution is 2.29. The van der Waals surface area contributed by atoms with Gasteiger partial charge in [0.1, 0.15) is 0 Å². The molecule has 94 valence electrons. The van der Waals surface area contributed by atoms with Gasteiger partial charge in [0, 0.05) is 13.1 Å². The number of hydrogen-bond acceptors (Lipinski definition) is 3. The van der Waals surface area contributed by atoms with Crippen LogP contribution in [0.3, 0.4) is 0 Å². The van der Waals surface area contributed by atoms with Crippen molar-refractivity contribution < 1.29 is 9.90 Å². The first-order valence-corrected chi connectivity index (χ1v) is 6.11. The van der Waals surface area contributed by atoms with Crippen molar-refractivity contribution in [2.75, 3.05) is 19.7 Å². The van der Waals surface area contributed by atoms with E-state index in [-0.39, 0.29) is 17.5 Å². The molecule has 0 saturated heterocycles. The first kappa shape index (κ1) is 15.3. The lowest BCUT2D eigenvalue weighted by molar-refractivity contribution is -0.139. The summed E-state index contributed by atoms with van der Waals surface area (Å²) in [6, 6.07) is 0. The minimum Gasteiger partial charge on any atom is -0.395 e. The maximum atomic E-state index is 12.3. The van der Waals surface area contributed by atoms with Crippen LogP contribution >= 0.6 is 12.2 Å². The van der Waals surface area contributed by atoms with E-state index in [4.69, 9.17) is 23.1 Å². The summed E-state index contributed by atoms with van der Waals surface area (Å²) < 4.78 is 0. The van der Waals surface area contributed by atoms with Crippen LogP contribution in [0.2, 0.25) is 0 Å². The van der Waals surface area contributed by atoms with Crippen molar-refractivity contribution in [3.8, 4) is 0 Å². The molecule has 4 nitrogen and oxygen atoms in total. The molecule has 0 aliphatic rings. The maximum Gasteiger partial charge on any atom is 0.235 e. The molecule has 0 heterocycles. The van der Waals surface area contributed by atoms with Gasteiger partial charge in [0.05, 0.1) is 17.0 Å². The summed E-state index contributed by atoms with van der Waals surface area (Å²) in [5, 5.41) is 8.91. The molecule has 0 bridgehead atoms. The number of amides is 1. The van der Waals surface area contributed by atoms with Crippen molar-refractivity contribution in [1.82, 2.24) is 4.90 Å². The third kappa shape index (κ3) is 2.92. The Hall–Kier alpha value is -0.680. The molecule has 0 radical (unpaired) electrons. The van der Waals surface area contributed by atoms with E-state index in [0.29, 0.717) is 25.9 Å². The summed E-state index contributed by atoms with van der Waals surface area (Å²) in [4.78, 5) is 14.2. The van der Waals surface area contributed by atoms with Crippen LogP contribution in [0.25, 0.3) is 0 Å². The highest BCUT2D eigenvalue weighted by atomic mass is 32.1. The van der Waals surface area contributed by atoms with E-state index >= 15 is 0 Å². The molecule has 0 aromatic rings. The molecule has 0 aromatic carbocycles. The van der Waals surface area contributed by atoms with Crippen molar-refractivity contribution in [3.05, 3.63) is 0 Å². The van der Waals surface area contributed by atoms with E-state index in [2.05, 4.69) is 0 Å². The zero-order chi connectivity index (χ0) is 12.8. The van der Waals surface area contributed by atoms with Gasteiger partial charge in [-0.3, -0.25) is 4.79 Å². The molecule has 0 aromatic heterocycles. The molecule has 0 unspecified atom stereocenters. The number of aliphatic hydroxyl groups excluding tert-OH is 1. The van der Waals surface area contributed by atoms with Crippen molar-refractivity contribution >= 4 is 23.1 Å². The van der Waals surface area contributed by atoms with E-state index in [1.807, 2.05) is 20.8 Å². The second-order valence-corrected chi connectivity index (χ2v) is 4.20. The van der Waals surface area contributed by atoms with Gasteiger partial charge >= 0.3 is 0 Å². The number of carbonyl (C=O) groups is 1. The fourth-order valence-corrected chi connectivity index (χ4v) is 2.21. The summed E-state index contributed by atoms with van der Waals surface area (Å²) >= 11 is 5.02. The summed E-state index contributed by atoms with van der Waals surface area (Å²) in [7, 11) is 0. The summed E-state index contributed by atoms with van der Waals surface area (Å²) in [6.45, 7) is 6.55.